The van der Waals surface area contributed by atoms with Crippen molar-refractivity contribution in [2.75, 3.05) is 20.8 Å². The van der Waals surface area contributed by atoms with Crippen LogP contribution in [0.5, 0.6) is 11.5 Å². The second kappa shape index (κ2) is 9.49. The lowest BCUT2D eigenvalue weighted by molar-refractivity contribution is 0.0955. The van der Waals surface area contributed by atoms with Gasteiger partial charge in [0, 0.05) is 23.2 Å². The number of aromatic nitrogens is 2. The number of nitrogens with one attached hydrogen (secondary N) is 1. The maximum absolute atomic E-state index is 13.1. The fraction of sp³-hybridized carbons (Fsp3) is 0.167. The van der Waals surface area contributed by atoms with Gasteiger partial charge in [-0.3, -0.25) is 4.79 Å². The molecule has 4 aromatic rings. The molecule has 158 valence electrons. The monoisotopic (exact) mass is 433 g/mol. The Balaban J connectivity index is 1.67. The number of rotatable bonds is 8. The molecule has 6 nitrogen and oxygen atoms in total. The molecule has 4 rings (SSSR count). The first kappa shape index (κ1) is 20.7. The lowest BCUT2D eigenvalue weighted by atomic mass is 10.1. The SMILES string of the molecule is COc1ccc(-c2nn(-c3ccccc3)cc2C(=O)NCCc2cccs2)cc1OC. The number of methoxy groups -OCH3 is 2. The normalized spacial score (nSPS) is 10.6. The van der Waals surface area contributed by atoms with Crippen LogP contribution in [0.1, 0.15) is 15.2 Å². The van der Waals surface area contributed by atoms with Crippen LogP contribution in [0.2, 0.25) is 0 Å². The van der Waals surface area contributed by atoms with E-state index in [4.69, 9.17) is 14.6 Å². The minimum atomic E-state index is -0.163. The summed E-state index contributed by atoms with van der Waals surface area (Å²) in [5.41, 5.74) is 2.73. The third-order valence-electron chi connectivity index (χ3n) is 4.87. The van der Waals surface area contributed by atoms with Gasteiger partial charge in [0.2, 0.25) is 0 Å². The molecule has 0 unspecified atom stereocenters. The van der Waals surface area contributed by atoms with Crippen LogP contribution >= 0.6 is 11.3 Å². The summed E-state index contributed by atoms with van der Waals surface area (Å²) in [5, 5.41) is 9.78. The number of thiophene rings is 1. The third-order valence-corrected chi connectivity index (χ3v) is 5.81. The van der Waals surface area contributed by atoms with Crippen LogP contribution in [0, 0.1) is 0 Å². The molecule has 0 saturated carbocycles. The van der Waals surface area contributed by atoms with Crippen LogP contribution in [0.25, 0.3) is 16.9 Å². The number of carbonyl (C=O) groups excluding carboxylic acids is 1. The van der Waals surface area contributed by atoms with Crippen molar-refractivity contribution in [3.63, 3.8) is 0 Å². The van der Waals surface area contributed by atoms with Crippen LogP contribution in [-0.2, 0) is 6.42 Å². The van der Waals surface area contributed by atoms with Crippen molar-refractivity contribution >= 4 is 17.2 Å². The first-order valence-electron chi connectivity index (χ1n) is 9.87. The summed E-state index contributed by atoms with van der Waals surface area (Å²) in [6.07, 6.45) is 2.56. The highest BCUT2D eigenvalue weighted by Gasteiger charge is 2.20. The van der Waals surface area contributed by atoms with Gasteiger partial charge in [-0.05, 0) is 48.2 Å². The van der Waals surface area contributed by atoms with Gasteiger partial charge in [0.25, 0.3) is 5.91 Å². The van der Waals surface area contributed by atoms with E-state index in [0.717, 1.165) is 17.7 Å². The molecule has 31 heavy (non-hydrogen) atoms. The Morgan fingerprint density at radius 1 is 1.03 bits per heavy atom. The number of amides is 1. The summed E-state index contributed by atoms with van der Waals surface area (Å²) in [7, 11) is 3.18. The molecule has 1 amide bonds. The minimum Gasteiger partial charge on any atom is -0.493 e. The van der Waals surface area contributed by atoms with Gasteiger partial charge >= 0.3 is 0 Å². The molecule has 2 heterocycles. The van der Waals surface area contributed by atoms with Gasteiger partial charge in [0.05, 0.1) is 25.5 Å². The van der Waals surface area contributed by atoms with E-state index in [1.54, 1.807) is 36.4 Å². The summed E-state index contributed by atoms with van der Waals surface area (Å²) < 4.78 is 12.5. The molecule has 0 saturated heterocycles. The van der Waals surface area contributed by atoms with Gasteiger partial charge in [-0.15, -0.1) is 11.3 Å². The standard InChI is InChI=1S/C24H23N3O3S/c1-29-21-11-10-17(15-22(21)30-2)23-20(16-27(26-23)18-7-4-3-5-8-18)24(28)25-13-12-19-9-6-14-31-19/h3-11,14-16H,12-13H2,1-2H3,(H,25,28). The summed E-state index contributed by atoms with van der Waals surface area (Å²) >= 11 is 1.69. The van der Waals surface area contributed by atoms with Crippen molar-refractivity contribution in [3.05, 3.63) is 82.7 Å². The van der Waals surface area contributed by atoms with E-state index in [0.29, 0.717) is 29.3 Å². The van der Waals surface area contributed by atoms with E-state index in [2.05, 4.69) is 11.4 Å². The number of nitrogens with zero attached hydrogens (tertiary/aromatic N) is 2. The van der Waals surface area contributed by atoms with Gasteiger partial charge in [-0.2, -0.15) is 5.10 Å². The molecule has 0 bridgehead atoms. The van der Waals surface area contributed by atoms with E-state index in [-0.39, 0.29) is 5.91 Å². The zero-order chi connectivity index (χ0) is 21.6. The van der Waals surface area contributed by atoms with Crippen LogP contribution < -0.4 is 14.8 Å². The van der Waals surface area contributed by atoms with Gasteiger partial charge < -0.3 is 14.8 Å². The second-order valence-corrected chi connectivity index (χ2v) is 7.86. The van der Waals surface area contributed by atoms with Crippen LogP contribution in [0.3, 0.4) is 0 Å². The number of para-hydroxylation sites is 1. The van der Waals surface area contributed by atoms with Crippen molar-refractivity contribution in [1.29, 1.82) is 0 Å². The maximum atomic E-state index is 13.1. The highest BCUT2D eigenvalue weighted by atomic mass is 32.1. The van der Waals surface area contributed by atoms with E-state index >= 15 is 0 Å². The topological polar surface area (TPSA) is 65.4 Å². The molecule has 2 aromatic carbocycles. The molecule has 0 aliphatic heterocycles. The summed E-state index contributed by atoms with van der Waals surface area (Å²) in [6, 6.07) is 19.3. The first-order chi connectivity index (χ1) is 15.2. The number of ether oxygens (including phenoxy) is 2. The molecule has 0 fully saturated rings. The van der Waals surface area contributed by atoms with Gasteiger partial charge in [0.1, 0.15) is 5.69 Å². The first-order valence-corrected chi connectivity index (χ1v) is 10.8. The average Bonchev–Trinajstić information content (AvgIpc) is 3.49. The predicted octanol–water partition coefficient (Wildman–Crippen LogP) is 4.59. The van der Waals surface area contributed by atoms with Crippen molar-refractivity contribution in [2.24, 2.45) is 0 Å². The number of hydrogen-bond acceptors (Lipinski definition) is 5. The van der Waals surface area contributed by atoms with Gasteiger partial charge in [-0.25, -0.2) is 4.68 Å². The van der Waals surface area contributed by atoms with Crippen molar-refractivity contribution in [1.82, 2.24) is 15.1 Å². The fourth-order valence-electron chi connectivity index (χ4n) is 3.30. The summed E-state index contributed by atoms with van der Waals surface area (Å²) in [5.74, 6) is 1.04. The van der Waals surface area contributed by atoms with Crippen LogP contribution in [0.15, 0.2) is 72.2 Å². The molecule has 0 spiro atoms. The second-order valence-electron chi connectivity index (χ2n) is 6.83. The lowest BCUT2D eigenvalue weighted by Gasteiger charge is -2.09. The Morgan fingerprint density at radius 2 is 1.84 bits per heavy atom. The molecule has 7 heteroatoms. The predicted molar refractivity (Wildman–Crippen MR) is 122 cm³/mol. The Hall–Kier alpha value is -3.58. The zero-order valence-electron chi connectivity index (χ0n) is 17.4. The largest absolute Gasteiger partial charge is 0.493 e. The molecular formula is C24H23N3O3S. The van der Waals surface area contributed by atoms with Crippen molar-refractivity contribution < 1.29 is 14.3 Å². The molecule has 2 aromatic heterocycles. The van der Waals surface area contributed by atoms with Crippen LogP contribution in [-0.4, -0.2) is 36.5 Å². The average molecular weight is 434 g/mol. The number of benzene rings is 2. The molecule has 0 aliphatic carbocycles. The molecular weight excluding hydrogens is 410 g/mol. The summed E-state index contributed by atoms with van der Waals surface area (Å²) in [4.78, 5) is 14.3. The Morgan fingerprint density at radius 3 is 2.55 bits per heavy atom. The van der Waals surface area contributed by atoms with Crippen molar-refractivity contribution in [3.8, 4) is 28.4 Å². The van der Waals surface area contributed by atoms with Crippen LogP contribution in [0.4, 0.5) is 0 Å². The zero-order valence-corrected chi connectivity index (χ0v) is 18.2. The van der Waals surface area contributed by atoms with E-state index in [1.807, 2.05) is 60.0 Å². The Kier molecular flexibility index (Phi) is 6.33. The highest BCUT2D eigenvalue weighted by Crippen LogP contribution is 2.33. The van der Waals surface area contributed by atoms with E-state index < -0.39 is 0 Å². The van der Waals surface area contributed by atoms with E-state index in [1.165, 1.54) is 4.88 Å². The fourth-order valence-corrected chi connectivity index (χ4v) is 4.01. The molecule has 1 N–H and O–H groups in total. The van der Waals surface area contributed by atoms with Gasteiger partial charge in [0.15, 0.2) is 11.5 Å². The Labute approximate surface area is 185 Å². The lowest BCUT2D eigenvalue weighted by Crippen LogP contribution is -2.25. The number of hydrogen-bond donors (Lipinski definition) is 1. The van der Waals surface area contributed by atoms with Gasteiger partial charge in [-0.1, -0.05) is 24.3 Å². The quantitative estimate of drug-likeness (QED) is 0.441. The summed E-state index contributed by atoms with van der Waals surface area (Å²) in [6.45, 7) is 0.557. The molecule has 0 aliphatic rings. The molecule has 0 atom stereocenters. The maximum Gasteiger partial charge on any atom is 0.255 e. The number of carbonyl (C=O) groups is 1. The van der Waals surface area contributed by atoms with Crippen molar-refractivity contribution in [2.45, 2.75) is 6.42 Å². The molecule has 0 radical (unpaired) electrons. The van der Waals surface area contributed by atoms with E-state index in [9.17, 15) is 4.79 Å². The highest BCUT2D eigenvalue weighted by molar-refractivity contribution is 7.09. The smallest absolute Gasteiger partial charge is 0.255 e. The Bertz CT molecular complexity index is 1150. The third kappa shape index (κ3) is 4.62. The minimum absolute atomic E-state index is 0.163.